The summed E-state index contributed by atoms with van der Waals surface area (Å²) < 4.78 is 0. The summed E-state index contributed by atoms with van der Waals surface area (Å²) in [6.45, 7) is 4.26. The van der Waals surface area contributed by atoms with Crippen molar-refractivity contribution in [2.45, 2.75) is 19.8 Å². The Hall–Kier alpha value is -0.990. The number of imidazole rings is 1. The molecule has 0 saturated carbocycles. The molecule has 0 atom stereocenters. The highest BCUT2D eigenvalue weighted by atomic mass is 15.1. The van der Waals surface area contributed by atoms with Gasteiger partial charge in [-0.25, -0.2) is 4.98 Å². The lowest BCUT2D eigenvalue weighted by Gasteiger charge is -1.97. The fraction of sp³-hybridized carbons (Fsp3) is 0.571. The summed E-state index contributed by atoms with van der Waals surface area (Å²) in [5.74, 6) is 1.36. The number of nitrogens with one attached hydrogen (secondary N) is 2. The van der Waals surface area contributed by atoms with Crippen molar-refractivity contribution < 1.29 is 0 Å². The van der Waals surface area contributed by atoms with E-state index in [1.54, 1.807) is 0 Å². The minimum Gasteiger partial charge on any atom is -0.359 e. The van der Waals surface area contributed by atoms with Crippen molar-refractivity contribution >= 4 is 5.95 Å². The first kappa shape index (κ1) is 7.12. The van der Waals surface area contributed by atoms with Crippen molar-refractivity contribution in [1.82, 2.24) is 9.97 Å². The molecule has 3 heteroatoms. The predicted octanol–water partition coefficient (Wildman–Crippen LogP) is 1.57. The third-order valence-electron chi connectivity index (χ3n) is 1.45. The first-order valence-corrected chi connectivity index (χ1v) is 3.46. The van der Waals surface area contributed by atoms with Crippen LogP contribution in [0.1, 0.15) is 25.5 Å². The molecule has 1 aromatic heterocycles. The highest BCUT2D eigenvalue weighted by molar-refractivity contribution is 5.25. The number of aromatic nitrogens is 2. The summed E-state index contributed by atoms with van der Waals surface area (Å²) in [5.41, 5.74) is 1.17. The maximum atomic E-state index is 4.09. The van der Waals surface area contributed by atoms with Gasteiger partial charge >= 0.3 is 0 Å². The van der Waals surface area contributed by atoms with Gasteiger partial charge in [-0.05, 0) is 5.92 Å². The van der Waals surface area contributed by atoms with Crippen LogP contribution in [0.3, 0.4) is 0 Å². The minimum absolute atomic E-state index is 0.523. The zero-order valence-corrected chi connectivity index (χ0v) is 6.60. The van der Waals surface area contributed by atoms with Crippen molar-refractivity contribution in [1.29, 1.82) is 0 Å². The van der Waals surface area contributed by atoms with E-state index in [4.69, 9.17) is 0 Å². The fourth-order valence-electron chi connectivity index (χ4n) is 0.756. The van der Waals surface area contributed by atoms with E-state index in [-0.39, 0.29) is 0 Å². The Morgan fingerprint density at radius 2 is 2.30 bits per heavy atom. The molecule has 0 spiro atoms. The molecule has 0 saturated heterocycles. The molecule has 1 aromatic rings. The molecule has 0 aliphatic heterocycles. The molecule has 0 aliphatic rings. The van der Waals surface area contributed by atoms with Crippen LogP contribution >= 0.6 is 0 Å². The standard InChI is InChI=1S/C7H13N3/c1-5(2)6-4-9-7(8-3)10-6/h4-5H,1-3H3,(H2,8,9,10). The lowest BCUT2D eigenvalue weighted by molar-refractivity contribution is 0.833. The quantitative estimate of drug-likeness (QED) is 0.653. The molecule has 3 nitrogen and oxygen atoms in total. The van der Waals surface area contributed by atoms with E-state index >= 15 is 0 Å². The molecule has 56 valence electrons. The Morgan fingerprint density at radius 3 is 2.60 bits per heavy atom. The van der Waals surface area contributed by atoms with E-state index in [9.17, 15) is 0 Å². The van der Waals surface area contributed by atoms with Crippen molar-refractivity contribution in [2.75, 3.05) is 12.4 Å². The normalized spacial score (nSPS) is 10.4. The molecular weight excluding hydrogens is 126 g/mol. The smallest absolute Gasteiger partial charge is 0.200 e. The van der Waals surface area contributed by atoms with Crippen LogP contribution in [0.25, 0.3) is 0 Å². The van der Waals surface area contributed by atoms with Gasteiger partial charge in [0.15, 0.2) is 5.95 Å². The zero-order chi connectivity index (χ0) is 7.56. The van der Waals surface area contributed by atoms with Crippen LogP contribution in [0.2, 0.25) is 0 Å². The first-order valence-electron chi connectivity index (χ1n) is 3.46. The Kier molecular flexibility index (Phi) is 1.94. The second-order valence-electron chi connectivity index (χ2n) is 2.59. The summed E-state index contributed by atoms with van der Waals surface area (Å²) in [7, 11) is 1.85. The Balaban J connectivity index is 2.78. The van der Waals surface area contributed by atoms with Gasteiger partial charge in [0.2, 0.25) is 0 Å². The Morgan fingerprint density at radius 1 is 1.60 bits per heavy atom. The summed E-state index contributed by atoms with van der Waals surface area (Å²) in [6, 6.07) is 0. The van der Waals surface area contributed by atoms with Crippen LogP contribution in [0.4, 0.5) is 5.95 Å². The number of hydrogen-bond donors (Lipinski definition) is 2. The van der Waals surface area contributed by atoms with E-state index in [0.717, 1.165) is 5.95 Å². The van der Waals surface area contributed by atoms with Crippen molar-refractivity contribution in [3.8, 4) is 0 Å². The van der Waals surface area contributed by atoms with Gasteiger partial charge in [-0.1, -0.05) is 13.8 Å². The summed E-state index contributed by atoms with van der Waals surface area (Å²) in [5, 5.41) is 2.94. The fourth-order valence-corrected chi connectivity index (χ4v) is 0.756. The molecule has 0 unspecified atom stereocenters. The SMILES string of the molecule is CNc1ncc(C(C)C)[nH]1. The average molecular weight is 139 g/mol. The summed E-state index contributed by atoms with van der Waals surface area (Å²) >= 11 is 0. The van der Waals surface area contributed by atoms with Gasteiger partial charge in [0.25, 0.3) is 0 Å². The second kappa shape index (κ2) is 2.73. The van der Waals surface area contributed by atoms with E-state index in [1.165, 1.54) is 5.69 Å². The van der Waals surface area contributed by atoms with Crippen LogP contribution in [-0.2, 0) is 0 Å². The second-order valence-corrected chi connectivity index (χ2v) is 2.59. The van der Waals surface area contributed by atoms with E-state index < -0.39 is 0 Å². The molecule has 0 fully saturated rings. The third-order valence-corrected chi connectivity index (χ3v) is 1.45. The number of rotatable bonds is 2. The molecule has 1 heterocycles. The van der Waals surface area contributed by atoms with Crippen LogP contribution in [0.5, 0.6) is 0 Å². The molecule has 10 heavy (non-hydrogen) atoms. The maximum absolute atomic E-state index is 4.09. The molecular formula is C7H13N3. The number of hydrogen-bond acceptors (Lipinski definition) is 2. The van der Waals surface area contributed by atoms with Crippen LogP contribution in [0.15, 0.2) is 6.20 Å². The largest absolute Gasteiger partial charge is 0.359 e. The Labute approximate surface area is 60.9 Å². The molecule has 0 radical (unpaired) electrons. The van der Waals surface area contributed by atoms with Crippen molar-refractivity contribution in [3.63, 3.8) is 0 Å². The zero-order valence-electron chi connectivity index (χ0n) is 6.60. The number of H-pyrrole nitrogens is 1. The van der Waals surface area contributed by atoms with Crippen LogP contribution in [-0.4, -0.2) is 17.0 Å². The van der Waals surface area contributed by atoms with Crippen molar-refractivity contribution in [3.05, 3.63) is 11.9 Å². The van der Waals surface area contributed by atoms with Gasteiger partial charge in [-0.3, -0.25) is 0 Å². The molecule has 0 bridgehead atoms. The highest BCUT2D eigenvalue weighted by Gasteiger charge is 2.01. The van der Waals surface area contributed by atoms with Gasteiger partial charge in [-0.15, -0.1) is 0 Å². The molecule has 2 N–H and O–H groups in total. The van der Waals surface area contributed by atoms with E-state index in [1.807, 2.05) is 13.2 Å². The van der Waals surface area contributed by atoms with Crippen LogP contribution < -0.4 is 5.32 Å². The monoisotopic (exact) mass is 139 g/mol. The highest BCUT2D eigenvalue weighted by Crippen LogP contribution is 2.12. The lowest BCUT2D eigenvalue weighted by atomic mass is 10.2. The van der Waals surface area contributed by atoms with Crippen molar-refractivity contribution in [2.24, 2.45) is 0 Å². The Bertz CT molecular complexity index is 202. The van der Waals surface area contributed by atoms with Gasteiger partial charge < -0.3 is 10.3 Å². The topological polar surface area (TPSA) is 40.7 Å². The minimum atomic E-state index is 0.523. The van der Waals surface area contributed by atoms with Gasteiger partial charge in [0.1, 0.15) is 0 Å². The van der Waals surface area contributed by atoms with E-state index in [2.05, 4.69) is 29.1 Å². The number of nitrogens with zero attached hydrogens (tertiary/aromatic N) is 1. The first-order chi connectivity index (χ1) is 4.74. The van der Waals surface area contributed by atoms with Gasteiger partial charge in [0.05, 0.1) is 6.20 Å². The molecule has 0 aromatic carbocycles. The summed E-state index contributed by atoms with van der Waals surface area (Å²) in [6.07, 6.45) is 1.86. The average Bonchev–Trinajstić information content (AvgIpc) is 2.34. The van der Waals surface area contributed by atoms with Gasteiger partial charge in [0, 0.05) is 12.7 Å². The number of anilines is 1. The molecule has 0 aliphatic carbocycles. The predicted molar refractivity (Wildman–Crippen MR) is 42.2 cm³/mol. The lowest BCUT2D eigenvalue weighted by Crippen LogP contribution is -1.91. The van der Waals surface area contributed by atoms with E-state index in [0.29, 0.717) is 5.92 Å². The van der Waals surface area contributed by atoms with Gasteiger partial charge in [-0.2, -0.15) is 0 Å². The number of aromatic amines is 1. The summed E-state index contributed by atoms with van der Waals surface area (Å²) in [4.78, 5) is 7.23. The maximum Gasteiger partial charge on any atom is 0.200 e. The molecule has 0 amide bonds. The third kappa shape index (κ3) is 1.29. The molecule has 1 rings (SSSR count). The van der Waals surface area contributed by atoms with Crippen LogP contribution in [0, 0.1) is 0 Å².